The van der Waals surface area contributed by atoms with Crippen LogP contribution in [0, 0.1) is 30.6 Å². The third-order valence-electron chi connectivity index (χ3n) is 12.0. The Bertz CT molecular complexity index is 2600. The summed E-state index contributed by atoms with van der Waals surface area (Å²) in [5.41, 5.74) is 1.88. The maximum absolute atomic E-state index is 14.5. The molecule has 3 aliphatic rings. The molecule has 9 unspecified atom stereocenters. The first kappa shape index (κ1) is 48.4. The van der Waals surface area contributed by atoms with E-state index in [9.17, 15) is 39.9 Å². The average Bonchev–Trinajstić information content (AvgIpc) is 3.56. The van der Waals surface area contributed by atoms with Gasteiger partial charge >= 0.3 is 11.8 Å². The fourth-order valence-electron chi connectivity index (χ4n) is 8.08. The van der Waals surface area contributed by atoms with Crippen LogP contribution in [-0.4, -0.2) is 96.9 Å². The number of para-hydroxylation sites is 1. The molecule has 66 heavy (non-hydrogen) atoms. The van der Waals surface area contributed by atoms with E-state index < -0.39 is 88.8 Å². The van der Waals surface area contributed by atoms with E-state index in [2.05, 4.69) is 26.0 Å². The van der Waals surface area contributed by atoms with E-state index in [1.165, 1.54) is 65.4 Å². The summed E-state index contributed by atoms with van der Waals surface area (Å²) in [4.78, 5) is 40.7. The number of nitrogens with one attached hydrogen (secondary N) is 2. The molecule has 0 spiro atoms. The molecular formula is C48H55N5O13. The molecule has 3 aliphatic heterocycles. The summed E-state index contributed by atoms with van der Waals surface area (Å²) < 4.78 is 29.3. The second kappa shape index (κ2) is 20.0. The number of rotatable bonds is 7. The van der Waals surface area contributed by atoms with Crippen molar-refractivity contribution >= 4 is 46.2 Å². The Kier molecular flexibility index (Phi) is 14.7. The SMILES string of the molecule is COC1/C=C/OC2(C)Oc3c(C)c(O)c4c(O)c(c(/C=N/Nc5ccc(Oc6ccccc6)nn5)c(O)c4c3C2=O)NC(=O)C(C)=C/C=C/C(C)C(O)C(C)C(O)C(C)C(OC(C)=O)C1C. The Labute approximate surface area is 381 Å². The van der Waals surface area contributed by atoms with E-state index in [4.69, 9.17) is 23.7 Å². The number of benzene rings is 3. The zero-order valence-corrected chi connectivity index (χ0v) is 38.0. The maximum Gasteiger partial charge on any atom is 0.312 e. The molecule has 18 nitrogen and oxygen atoms in total. The standard InChI is InChI=1S/C48H55N5O13/c1-23-14-13-15-24(2)47(61)50-38-31(22-49-51-33-18-19-34(53-52-33)65-30-16-11-10-12-17-30)42(58)35-36(43(38)59)41(57)28(6)45-37(35)46(60)48(8,66-45)63-21-20-32(62-9)25(3)44(64-29(7)54)27(5)40(56)26(4)39(23)55/h10-23,25-27,32,39-40,44,55-59H,1-9H3,(H,50,61)(H,51,52)/b14-13+,21-20+,24-15?,49-22+. The van der Waals surface area contributed by atoms with Gasteiger partial charge in [-0.15, -0.1) is 10.2 Å². The third-order valence-corrected chi connectivity index (χ3v) is 12.0. The van der Waals surface area contributed by atoms with Crippen molar-refractivity contribution in [1.82, 2.24) is 10.2 Å². The quantitative estimate of drug-likeness (QED) is 0.0331. The molecule has 5 bridgehead atoms. The molecule has 7 N–H and O–H groups in total. The molecule has 9 atom stereocenters. The number of esters is 1. The molecule has 18 heteroatoms. The number of carbonyl (C=O) groups is 3. The predicted molar refractivity (Wildman–Crippen MR) is 244 cm³/mol. The van der Waals surface area contributed by atoms with Crippen LogP contribution in [0.25, 0.3) is 10.8 Å². The van der Waals surface area contributed by atoms with E-state index in [1.54, 1.807) is 64.1 Å². The predicted octanol–water partition coefficient (Wildman–Crippen LogP) is 6.78. The summed E-state index contributed by atoms with van der Waals surface area (Å²) in [5, 5.41) is 72.8. The Morgan fingerprint density at radius 2 is 1.62 bits per heavy atom. The van der Waals surface area contributed by atoms with Gasteiger partial charge in [0, 0.05) is 67.2 Å². The highest BCUT2D eigenvalue weighted by atomic mass is 16.7. The van der Waals surface area contributed by atoms with E-state index in [-0.39, 0.29) is 56.2 Å². The van der Waals surface area contributed by atoms with Gasteiger partial charge in [-0.25, -0.2) is 0 Å². The van der Waals surface area contributed by atoms with Crippen molar-refractivity contribution in [1.29, 1.82) is 0 Å². The van der Waals surface area contributed by atoms with E-state index in [1.807, 2.05) is 6.07 Å². The summed E-state index contributed by atoms with van der Waals surface area (Å²) in [6, 6.07) is 12.0. The van der Waals surface area contributed by atoms with Gasteiger partial charge in [0.25, 0.3) is 11.7 Å². The van der Waals surface area contributed by atoms with Gasteiger partial charge in [0.05, 0.1) is 53.0 Å². The molecule has 0 aliphatic carbocycles. The minimum Gasteiger partial charge on any atom is -0.507 e. The monoisotopic (exact) mass is 909 g/mol. The fourth-order valence-corrected chi connectivity index (χ4v) is 8.08. The Balaban J connectivity index is 1.47. The van der Waals surface area contributed by atoms with Gasteiger partial charge in [0.2, 0.25) is 5.88 Å². The number of fused-ring (bicyclic) bond motifs is 14. The highest BCUT2D eigenvalue weighted by molar-refractivity contribution is 6.24. The Morgan fingerprint density at radius 1 is 0.909 bits per heavy atom. The Hall–Kier alpha value is -7.02. The lowest BCUT2D eigenvalue weighted by atomic mass is 9.78. The number of phenols is 3. The minimum absolute atomic E-state index is 0.00732. The lowest BCUT2D eigenvalue weighted by Gasteiger charge is -2.38. The van der Waals surface area contributed by atoms with Crippen LogP contribution in [0.2, 0.25) is 0 Å². The van der Waals surface area contributed by atoms with Crippen LogP contribution < -0.4 is 20.2 Å². The number of amides is 1. The van der Waals surface area contributed by atoms with Crippen molar-refractivity contribution in [3.05, 3.63) is 95.3 Å². The molecule has 3 aromatic carbocycles. The summed E-state index contributed by atoms with van der Waals surface area (Å²) in [6.07, 6.45) is 4.37. The van der Waals surface area contributed by atoms with Crippen molar-refractivity contribution in [3.8, 4) is 34.6 Å². The van der Waals surface area contributed by atoms with E-state index >= 15 is 0 Å². The number of Topliss-reactive ketones (excluding diaryl/α,β-unsaturated/α-hetero) is 1. The Morgan fingerprint density at radius 3 is 2.27 bits per heavy atom. The van der Waals surface area contributed by atoms with Gasteiger partial charge in [0.15, 0.2) is 11.6 Å². The van der Waals surface area contributed by atoms with Gasteiger partial charge in [0.1, 0.15) is 29.1 Å². The zero-order chi connectivity index (χ0) is 48.2. The largest absolute Gasteiger partial charge is 0.507 e. The van der Waals surface area contributed by atoms with Crippen molar-refractivity contribution in [2.45, 2.75) is 85.6 Å². The number of hydrogen-bond acceptors (Lipinski definition) is 17. The normalized spacial score (nSPS) is 27.2. The summed E-state index contributed by atoms with van der Waals surface area (Å²) in [7, 11) is 1.42. The van der Waals surface area contributed by atoms with Crippen molar-refractivity contribution < 1.29 is 63.6 Å². The van der Waals surface area contributed by atoms with Crippen LogP contribution in [0.15, 0.2) is 83.7 Å². The van der Waals surface area contributed by atoms with Gasteiger partial charge < -0.3 is 54.5 Å². The van der Waals surface area contributed by atoms with Gasteiger partial charge in [-0.2, -0.15) is 5.10 Å². The number of carbonyl (C=O) groups excluding carboxylic acids is 3. The summed E-state index contributed by atoms with van der Waals surface area (Å²) in [6.45, 7) is 12.3. The first-order valence-electron chi connectivity index (χ1n) is 21.2. The molecule has 0 radical (unpaired) electrons. The molecule has 1 aromatic heterocycles. The number of aromatic nitrogens is 2. The smallest absolute Gasteiger partial charge is 0.312 e. The molecule has 7 rings (SSSR count). The number of phenolic OH excluding ortho intramolecular Hbond substituents is 3. The van der Waals surface area contributed by atoms with Crippen molar-refractivity contribution in [3.63, 3.8) is 0 Å². The highest BCUT2D eigenvalue weighted by Gasteiger charge is 2.50. The first-order chi connectivity index (χ1) is 31.3. The maximum atomic E-state index is 14.5. The lowest BCUT2D eigenvalue weighted by molar-refractivity contribution is -0.160. The molecule has 4 aromatic rings. The number of aliphatic hydroxyl groups excluding tert-OH is 2. The second-order valence-electron chi connectivity index (χ2n) is 16.7. The van der Waals surface area contributed by atoms with Crippen LogP contribution in [0.1, 0.15) is 70.0 Å². The fraction of sp³-hybridized carbons (Fsp3) is 0.375. The van der Waals surface area contributed by atoms with Crippen LogP contribution in [0.3, 0.4) is 0 Å². The number of hydrazone groups is 1. The first-order valence-corrected chi connectivity index (χ1v) is 21.2. The second-order valence-corrected chi connectivity index (χ2v) is 16.7. The number of methoxy groups -OCH3 is 1. The molecule has 350 valence electrons. The van der Waals surface area contributed by atoms with Crippen LogP contribution in [0.5, 0.6) is 34.6 Å². The molecule has 1 amide bonds. The number of aliphatic hydroxyl groups is 2. The van der Waals surface area contributed by atoms with Crippen molar-refractivity contribution in [2.24, 2.45) is 28.8 Å². The number of allylic oxidation sites excluding steroid dienone is 2. The zero-order valence-electron chi connectivity index (χ0n) is 38.0. The van der Waals surface area contributed by atoms with Crippen LogP contribution in [0.4, 0.5) is 11.5 Å². The van der Waals surface area contributed by atoms with Crippen LogP contribution >= 0.6 is 0 Å². The van der Waals surface area contributed by atoms with Crippen LogP contribution in [-0.2, 0) is 23.8 Å². The molecular weight excluding hydrogens is 855 g/mol. The number of ketones is 1. The molecule has 4 heterocycles. The minimum atomic E-state index is -2.10. The molecule has 0 fully saturated rings. The van der Waals surface area contributed by atoms with E-state index in [0.717, 1.165) is 6.21 Å². The number of nitrogens with zero attached hydrogens (tertiary/aromatic N) is 3. The number of anilines is 2. The third kappa shape index (κ3) is 9.80. The molecule has 0 saturated heterocycles. The van der Waals surface area contributed by atoms with Gasteiger partial charge in [-0.3, -0.25) is 19.8 Å². The summed E-state index contributed by atoms with van der Waals surface area (Å²) in [5.74, 6) is -8.11. The topological polar surface area (TPSA) is 261 Å². The number of hydrogen-bond donors (Lipinski definition) is 7. The average molecular weight is 910 g/mol. The van der Waals surface area contributed by atoms with Gasteiger partial charge in [-0.1, -0.05) is 64.1 Å². The van der Waals surface area contributed by atoms with Gasteiger partial charge in [-0.05, 0) is 38.1 Å². The number of ether oxygens (including phenoxy) is 5. The summed E-state index contributed by atoms with van der Waals surface area (Å²) >= 11 is 0. The number of aromatic hydroxyl groups is 3. The van der Waals surface area contributed by atoms with Crippen molar-refractivity contribution in [2.75, 3.05) is 17.9 Å². The highest BCUT2D eigenvalue weighted by Crippen LogP contribution is 2.55. The lowest BCUT2D eigenvalue weighted by Crippen LogP contribution is -2.46. The molecule has 0 saturated carbocycles. The van der Waals surface area contributed by atoms with E-state index in [0.29, 0.717) is 5.75 Å².